The van der Waals surface area contributed by atoms with Gasteiger partial charge in [-0.3, -0.25) is 9.82 Å². The Morgan fingerprint density at radius 2 is 2.44 bits per heavy atom. The highest BCUT2D eigenvalue weighted by atomic mass is 16.7. The van der Waals surface area contributed by atoms with Crippen molar-refractivity contribution in [2.75, 3.05) is 6.61 Å². The third-order valence-electron chi connectivity index (χ3n) is 2.58. The predicted octanol–water partition coefficient (Wildman–Crippen LogP) is 1.51. The fraction of sp³-hybridized carbons (Fsp3) is 0.455. The topological polar surface area (TPSA) is 80.9 Å². The molecule has 0 saturated carbocycles. The summed E-state index contributed by atoms with van der Waals surface area (Å²) in [5.41, 5.74) is 1.86. The van der Waals surface area contributed by atoms with Crippen molar-refractivity contribution in [2.24, 2.45) is 5.10 Å². The van der Waals surface area contributed by atoms with Crippen LogP contribution in [0.25, 0.3) is 0 Å². The highest BCUT2D eigenvalue weighted by molar-refractivity contribution is 5.81. The van der Waals surface area contributed by atoms with Crippen LogP contribution in [0.2, 0.25) is 0 Å². The van der Waals surface area contributed by atoms with Crippen LogP contribution in [0.4, 0.5) is 0 Å². The number of nitrogens with zero attached hydrogens (tertiary/aromatic N) is 4. The number of pyridine rings is 1. The Kier molecular flexibility index (Phi) is 3.83. The Morgan fingerprint density at radius 1 is 1.61 bits per heavy atom. The summed E-state index contributed by atoms with van der Waals surface area (Å²) in [5.74, 6) is 0.354. The van der Waals surface area contributed by atoms with Gasteiger partial charge < -0.3 is 0 Å². The SMILES string of the molecule is Cc1ccc(CN2OCCC/C2=N\[N+](=O)[O-])cn1. The van der Waals surface area contributed by atoms with E-state index in [2.05, 4.69) is 10.1 Å². The molecule has 1 aromatic rings. The molecule has 2 heterocycles. The lowest BCUT2D eigenvalue weighted by molar-refractivity contribution is -0.486. The molecule has 0 radical (unpaired) electrons. The molecule has 0 aliphatic carbocycles. The highest BCUT2D eigenvalue weighted by Crippen LogP contribution is 2.14. The molecule has 0 N–H and O–H groups in total. The molecule has 2 rings (SSSR count). The van der Waals surface area contributed by atoms with Gasteiger partial charge in [-0.2, -0.15) is 0 Å². The molecule has 1 aromatic heterocycles. The Bertz CT molecular complexity index is 458. The summed E-state index contributed by atoms with van der Waals surface area (Å²) in [6.07, 6.45) is 3.03. The third kappa shape index (κ3) is 3.24. The van der Waals surface area contributed by atoms with Crippen LogP contribution in [0, 0.1) is 17.0 Å². The van der Waals surface area contributed by atoms with E-state index in [0.29, 0.717) is 25.4 Å². The van der Waals surface area contributed by atoms with E-state index in [1.165, 1.54) is 5.06 Å². The average Bonchev–Trinajstić information content (AvgIpc) is 2.34. The monoisotopic (exact) mass is 250 g/mol. The Hall–Kier alpha value is -2.02. The molecule has 0 unspecified atom stereocenters. The van der Waals surface area contributed by atoms with Crippen molar-refractivity contribution in [3.05, 3.63) is 39.7 Å². The van der Waals surface area contributed by atoms with Crippen molar-refractivity contribution < 1.29 is 9.87 Å². The molecule has 96 valence electrons. The highest BCUT2D eigenvalue weighted by Gasteiger charge is 2.21. The summed E-state index contributed by atoms with van der Waals surface area (Å²) in [6, 6.07) is 3.81. The van der Waals surface area contributed by atoms with Crippen LogP contribution in [0.15, 0.2) is 23.4 Å². The number of nitro groups is 1. The molecule has 1 aliphatic heterocycles. The summed E-state index contributed by atoms with van der Waals surface area (Å²) in [6.45, 7) is 2.87. The first-order valence-electron chi connectivity index (χ1n) is 5.69. The standard InChI is InChI=1S/C11H14N4O3/c1-9-4-5-10(7-12-9)8-14-11(13-15(16)17)3-2-6-18-14/h4-5,7H,2-3,6,8H2,1H3/b13-11+. The maximum absolute atomic E-state index is 10.4. The smallest absolute Gasteiger partial charge is 0.203 e. The van der Waals surface area contributed by atoms with E-state index in [-0.39, 0.29) is 0 Å². The quantitative estimate of drug-likeness (QED) is 0.600. The van der Waals surface area contributed by atoms with Crippen LogP contribution >= 0.6 is 0 Å². The second-order valence-corrected chi connectivity index (χ2v) is 4.04. The molecule has 1 aliphatic rings. The van der Waals surface area contributed by atoms with Crippen LogP contribution < -0.4 is 0 Å². The first-order valence-corrected chi connectivity index (χ1v) is 5.69. The molecule has 1 saturated heterocycles. The molecule has 7 heteroatoms. The van der Waals surface area contributed by atoms with E-state index in [1.807, 2.05) is 19.1 Å². The van der Waals surface area contributed by atoms with Crippen LogP contribution in [0.5, 0.6) is 0 Å². The van der Waals surface area contributed by atoms with Crippen LogP contribution in [-0.4, -0.2) is 27.5 Å². The van der Waals surface area contributed by atoms with E-state index in [0.717, 1.165) is 17.7 Å². The summed E-state index contributed by atoms with van der Waals surface area (Å²) in [7, 11) is 0. The van der Waals surface area contributed by atoms with Gasteiger partial charge in [-0.1, -0.05) is 6.07 Å². The summed E-state index contributed by atoms with van der Waals surface area (Å²) in [5, 5.41) is 14.6. The number of hydrazone groups is 1. The van der Waals surface area contributed by atoms with Crippen molar-refractivity contribution in [1.82, 2.24) is 10.0 Å². The fourth-order valence-electron chi connectivity index (χ4n) is 1.69. The molecule has 0 spiro atoms. The van der Waals surface area contributed by atoms with Gasteiger partial charge in [-0.25, -0.2) is 15.2 Å². The number of hydrogen-bond donors (Lipinski definition) is 0. The predicted molar refractivity (Wildman–Crippen MR) is 64.1 cm³/mol. The third-order valence-corrected chi connectivity index (χ3v) is 2.58. The number of aromatic nitrogens is 1. The second-order valence-electron chi connectivity index (χ2n) is 4.04. The lowest BCUT2D eigenvalue weighted by atomic mass is 10.2. The largest absolute Gasteiger partial charge is 0.272 e. The lowest BCUT2D eigenvalue weighted by Crippen LogP contribution is -2.35. The van der Waals surface area contributed by atoms with E-state index in [1.54, 1.807) is 6.20 Å². The minimum atomic E-state index is -0.690. The van der Waals surface area contributed by atoms with Crippen molar-refractivity contribution in [1.29, 1.82) is 0 Å². The van der Waals surface area contributed by atoms with Gasteiger partial charge in [0.15, 0.2) is 5.03 Å². The Morgan fingerprint density at radius 3 is 3.11 bits per heavy atom. The fourth-order valence-corrected chi connectivity index (χ4v) is 1.69. The minimum Gasteiger partial charge on any atom is -0.272 e. The van der Waals surface area contributed by atoms with Crippen molar-refractivity contribution in [3.63, 3.8) is 0 Å². The van der Waals surface area contributed by atoms with E-state index >= 15 is 0 Å². The number of rotatable bonds is 3. The van der Waals surface area contributed by atoms with Gasteiger partial charge >= 0.3 is 0 Å². The average molecular weight is 250 g/mol. The minimum absolute atomic E-state index is 0.354. The maximum atomic E-state index is 10.4. The molecular weight excluding hydrogens is 236 g/mol. The van der Waals surface area contributed by atoms with Crippen LogP contribution in [0.3, 0.4) is 0 Å². The molecule has 1 fully saturated rings. The molecule has 18 heavy (non-hydrogen) atoms. The van der Waals surface area contributed by atoms with Crippen molar-refractivity contribution >= 4 is 5.84 Å². The van der Waals surface area contributed by atoms with Gasteiger partial charge in [0.1, 0.15) is 0 Å². The number of hydrogen-bond acceptors (Lipinski definition) is 4. The molecule has 0 amide bonds. The summed E-state index contributed by atoms with van der Waals surface area (Å²) in [4.78, 5) is 20.0. The second kappa shape index (κ2) is 5.54. The van der Waals surface area contributed by atoms with Gasteiger partial charge in [0.25, 0.3) is 0 Å². The zero-order valence-corrected chi connectivity index (χ0v) is 10.1. The molecule has 0 aromatic carbocycles. The van der Waals surface area contributed by atoms with E-state index in [9.17, 15) is 10.1 Å². The van der Waals surface area contributed by atoms with Crippen LogP contribution in [-0.2, 0) is 11.4 Å². The number of amidine groups is 1. The molecular formula is C11H14N4O3. The van der Waals surface area contributed by atoms with Crippen molar-refractivity contribution in [3.8, 4) is 0 Å². The first kappa shape index (κ1) is 12.4. The number of aryl methyl sites for hydroxylation is 1. The zero-order chi connectivity index (χ0) is 13.0. The lowest BCUT2D eigenvalue weighted by Gasteiger charge is -2.27. The van der Waals surface area contributed by atoms with Gasteiger partial charge in [0.2, 0.25) is 5.84 Å². The van der Waals surface area contributed by atoms with Gasteiger partial charge in [0.05, 0.1) is 18.3 Å². The van der Waals surface area contributed by atoms with E-state index in [4.69, 9.17) is 4.84 Å². The molecule has 7 nitrogen and oxygen atoms in total. The Balaban J connectivity index is 2.10. The maximum Gasteiger partial charge on any atom is 0.203 e. The summed E-state index contributed by atoms with van der Waals surface area (Å²) < 4.78 is 0. The molecule has 0 atom stereocenters. The number of hydroxylamine groups is 2. The van der Waals surface area contributed by atoms with E-state index < -0.39 is 5.03 Å². The van der Waals surface area contributed by atoms with Crippen LogP contribution in [0.1, 0.15) is 24.1 Å². The first-order chi connectivity index (χ1) is 8.65. The summed E-state index contributed by atoms with van der Waals surface area (Å²) >= 11 is 0. The normalized spacial score (nSPS) is 18.1. The van der Waals surface area contributed by atoms with Crippen molar-refractivity contribution in [2.45, 2.75) is 26.3 Å². The molecule has 0 bridgehead atoms. The zero-order valence-electron chi connectivity index (χ0n) is 10.1. The van der Waals surface area contributed by atoms with Gasteiger partial charge in [-0.05, 0) is 25.0 Å². The van der Waals surface area contributed by atoms with Gasteiger partial charge in [-0.15, -0.1) is 0 Å². The Labute approximate surface area is 104 Å². The van der Waals surface area contributed by atoms with Gasteiger partial charge in [0, 0.05) is 18.3 Å².